The predicted molar refractivity (Wildman–Crippen MR) is 46.9 cm³/mol. The van der Waals surface area contributed by atoms with Crippen LogP contribution in [-0.4, -0.2) is 17.6 Å². The summed E-state index contributed by atoms with van der Waals surface area (Å²) in [5.74, 6) is 1.98. The van der Waals surface area contributed by atoms with E-state index in [1.165, 1.54) is 19.3 Å². The van der Waals surface area contributed by atoms with Crippen LogP contribution in [0.4, 0.5) is 0 Å². The first-order valence-electron chi connectivity index (χ1n) is 3.95. The Morgan fingerprint density at radius 2 is 1.70 bits per heavy atom. The molecular formula is C8H16OSi. The van der Waals surface area contributed by atoms with Gasteiger partial charge in [0.05, 0.1) is 0 Å². The van der Waals surface area contributed by atoms with Crippen molar-refractivity contribution in [3.8, 4) is 0 Å². The highest BCUT2D eigenvalue weighted by Gasteiger charge is 2.25. The Morgan fingerprint density at radius 1 is 1.30 bits per heavy atom. The van der Waals surface area contributed by atoms with Crippen molar-refractivity contribution in [2.24, 2.45) is 11.8 Å². The fourth-order valence-electron chi connectivity index (χ4n) is 1.72. The van der Waals surface area contributed by atoms with Crippen LogP contribution in [0.15, 0.2) is 12.2 Å². The molecule has 2 aliphatic carbocycles. The Bertz CT molecular complexity index is 110. The van der Waals surface area contributed by atoms with Crippen LogP contribution >= 0.6 is 0 Å². The summed E-state index contributed by atoms with van der Waals surface area (Å²) < 4.78 is 4.39. The summed E-state index contributed by atoms with van der Waals surface area (Å²) in [5, 5.41) is 0. The highest BCUT2D eigenvalue weighted by atomic mass is 28.2. The van der Waals surface area contributed by atoms with E-state index in [0.29, 0.717) is 0 Å². The zero-order chi connectivity index (χ0) is 7.40. The smallest absolute Gasteiger partial charge is 0.145 e. The van der Waals surface area contributed by atoms with Gasteiger partial charge in [0.25, 0.3) is 0 Å². The van der Waals surface area contributed by atoms with Crippen LogP contribution in [0.3, 0.4) is 0 Å². The molecule has 0 saturated heterocycles. The van der Waals surface area contributed by atoms with Crippen molar-refractivity contribution >= 4 is 10.5 Å². The summed E-state index contributed by atoms with van der Waals surface area (Å²) >= 11 is 0. The highest BCUT2D eigenvalue weighted by molar-refractivity contribution is 5.97. The normalized spacial score (nSPS) is 34.1. The van der Waals surface area contributed by atoms with Gasteiger partial charge < -0.3 is 4.43 Å². The molecule has 0 amide bonds. The molecule has 0 aromatic rings. The van der Waals surface area contributed by atoms with Gasteiger partial charge in [-0.25, -0.2) is 0 Å². The third-order valence-electron chi connectivity index (χ3n) is 2.17. The van der Waals surface area contributed by atoms with Crippen LogP contribution in [0, 0.1) is 11.8 Å². The average molecular weight is 156 g/mol. The van der Waals surface area contributed by atoms with Gasteiger partial charge in [0.2, 0.25) is 0 Å². The summed E-state index contributed by atoms with van der Waals surface area (Å²) in [4.78, 5) is 0. The molecule has 0 heterocycles. The van der Waals surface area contributed by atoms with Gasteiger partial charge in [-0.15, -0.1) is 0 Å². The maximum atomic E-state index is 4.39. The Kier molecular flexibility index (Phi) is 3.16. The fourth-order valence-corrected chi connectivity index (χ4v) is 1.72. The number of fused-ring (bicyclic) bond motifs is 2. The predicted octanol–water partition coefficient (Wildman–Crippen LogP) is 0.886. The second-order valence-electron chi connectivity index (χ2n) is 3.13. The molecule has 2 bridgehead atoms. The molecule has 10 heavy (non-hydrogen) atoms. The van der Waals surface area contributed by atoms with Crippen molar-refractivity contribution in [3.05, 3.63) is 12.2 Å². The molecule has 0 radical (unpaired) electrons. The first-order chi connectivity index (χ1) is 4.86. The van der Waals surface area contributed by atoms with E-state index in [4.69, 9.17) is 0 Å². The summed E-state index contributed by atoms with van der Waals surface area (Å²) in [7, 11) is 2.56. The lowest BCUT2D eigenvalue weighted by Crippen LogP contribution is -1.82. The van der Waals surface area contributed by atoms with E-state index >= 15 is 0 Å². The van der Waals surface area contributed by atoms with E-state index in [-0.39, 0.29) is 0 Å². The third-order valence-corrected chi connectivity index (χ3v) is 2.17. The summed E-state index contributed by atoms with van der Waals surface area (Å²) in [6.07, 6.45) is 9.19. The van der Waals surface area contributed by atoms with E-state index in [9.17, 15) is 0 Å². The molecule has 1 nitrogen and oxygen atoms in total. The third kappa shape index (κ3) is 1.96. The van der Waals surface area contributed by atoms with Crippen molar-refractivity contribution in [1.82, 2.24) is 0 Å². The molecule has 0 aliphatic heterocycles. The zero-order valence-electron chi connectivity index (χ0n) is 6.84. The molecular weight excluding hydrogens is 140 g/mol. The first-order valence-corrected chi connectivity index (χ1v) is 4.77. The largest absolute Gasteiger partial charge is 0.431 e. The van der Waals surface area contributed by atoms with Gasteiger partial charge in [-0.2, -0.15) is 0 Å². The van der Waals surface area contributed by atoms with Crippen LogP contribution < -0.4 is 0 Å². The quantitative estimate of drug-likeness (QED) is 0.374. The maximum absolute atomic E-state index is 4.39. The topological polar surface area (TPSA) is 9.23 Å². The van der Waals surface area contributed by atoms with Crippen LogP contribution in [0.2, 0.25) is 0 Å². The zero-order valence-corrected chi connectivity index (χ0v) is 8.84. The van der Waals surface area contributed by atoms with E-state index in [2.05, 4.69) is 16.6 Å². The highest BCUT2D eigenvalue weighted by Crippen LogP contribution is 2.38. The number of rotatable bonds is 0. The lowest BCUT2D eigenvalue weighted by atomic mass is 10.1. The Morgan fingerprint density at radius 3 is 1.80 bits per heavy atom. The summed E-state index contributed by atoms with van der Waals surface area (Å²) in [5.41, 5.74) is 0. The van der Waals surface area contributed by atoms with Gasteiger partial charge >= 0.3 is 0 Å². The molecule has 2 rings (SSSR count). The van der Waals surface area contributed by atoms with Gasteiger partial charge in [-0.3, -0.25) is 0 Å². The minimum absolute atomic E-state index is 0.869. The Balaban J connectivity index is 0.000000148. The molecule has 0 aromatic carbocycles. The van der Waals surface area contributed by atoms with Crippen molar-refractivity contribution < 1.29 is 4.43 Å². The molecule has 2 aliphatic rings. The average Bonchev–Trinajstić information content (AvgIpc) is 2.49. The Hall–Kier alpha value is -0.0831. The lowest BCUT2D eigenvalue weighted by Gasteiger charge is -1.96. The van der Waals surface area contributed by atoms with Gasteiger partial charge in [-0.1, -0.05) is 12.2 Å². The monoisotopic (exact) mass is 156 g/mol. The van der Waals surface area contributed by atoms with E-state index in [1.807, 2.05) is 0 Å². The maximum Gasteiger partial charge on any atom is 0.145 e. The minimum Gasteiger partial charge on any atom is -0.431 e. The van der Waals surface area contributed by atoms with Crippen LogP contribution in [0.1, 0.15) is 19.3 Å². The summed E-state index contributed by atoms with van der Waals surface area (Å²) in [6, 6.07) is 0. The second kappa shape index (κ2) is 3.94. The standard InChI is InChI=1S/C7H10.CH6OSi/c1-2-7-4-3-6(1)5-7;1-2-3/h1-2,6-7H,3-5H2;1,3H3. The molecule has 1 fully saturated rings. The number of allylic oxidation sites excluding steroid dienone is 2. The molecule has 2 atom stereocenters. The van der Waals surface area contributed by atoms with Crippen LogP contribution in [0.25, 0.3) is 0 Å². The Labute approximate surface area is 66.0 Å². The second-order valence-corrected chi connectivity index (χ2v) is 3.94. The molecule has 1 saturated carbocycles. The van der Waals surface area contributed by atoms with Gasteiger partial charge in [0, 0.05) is 7.11 Å². The molecule has 0 spiro atoms. The van der Waals surface area contributed by atoms with Crippen molar-refractivity contribution in [2.45, 2.75) is 19.3 Å². The SMILES string of the molecule is C1=CC2CCC1C2.CO[SiH3]. The molecule has 0 N–H and O–H groups in total. The van der Waals surface area contributed by atoms with Crippen LogP contribution in [-0.2, 0) is 4.43 Å². The summed E-state index contributed by atoms with van der Waals surface area (Å²) in [6.45, 7) is 0. The number of hydrogen-bond donors (Lipinski definition) is 0. The first kappa shape index (κ1) is 8.02. The minimum atomic E-state index is 0.869. The molecule has 58 valence electrons. The van der Waals surface area contributed by atoms with Gasteiger partial charge in [0.1, 0.15) is 10.5 Å². The molecule has 2 heteroatoms. The lowest BCUT2D eigenvalue weighted by molar-refractivity contribution is 0.460. The van der Waals surface area contributed by atoms with E-state index < -0.39 is 0 Å². The molecule has 2 unspecified atom stereocenters. The fraction of sp³-hybridized carbons (Fsp3) is 0.750. The van der Waals surface area contributed by atoms with E-state index in [1.54, 1.807) is 7.11 Å². The van der Waals surface area contributed by atoms with Crippen LogP contribution in [0.5, 0.6) is 0 Å². The van der Waals surface area contributed by atoms with E-state index in [0.717, 1.165) is 22.3 Å². The number of hydrogen-bond acceptors (Lipinski definition) is 1. The van der Waals surface area contributed by atoms with Gasteiger partial charge in [-0.05, 0) is 31.1 Å². The van der Waals surface area contributed by atoms with Gasteiger partial charge in [0.15, 0.2) is 0 Å². The van der Waals surface area contributed by atoms with Crippen molar-refractivity contribution in [3.63, 3.8) is 0 Å². The molecule has 0 aromatic heterocycles. The van der Waals surface area contributed by atoms with Crippen molar-refractivity contribution in [1.29, 1.82) is 0 Å². The van der Waals surface area contributed by atoms with Crippen molar-refractivity contribution in [2.75, 3.05) is 7.11 Å².